The quantitative estimate of drug-likeness (QED) is 0.670. The van der Waals surface area contributed by atoms with Gasteiger partial charge in [0.05, 0.1) is 12.3 Å². The lowest BCUT2D eigenvalue weighted by atomic mass is 10.0. The summed E-state index contributed by atoms with van der Waals surface area (Å²) in [5.74, 6) is -0.404. The van der Waals surface area contributed by atoms with E-state index in [-0.39, 0.29) is 17.9 Å². The summed E-state index contributed by atoms with van der Waals surface area (Å²) in [5, 5.41) is 9.93. The standard InChI is InChI=1S/C18H22N4O3S/c1-3-25-16(24)15-11(2)19-18(26-15)22-17-20-13(10-14(23)21-17)9-12-7-5-4-6-8-12/h4-8,13,17,20H,3,9-10H2,1-2H3,(H,19,22)(H,21,23). The molecule has 1 aliphatic rings. The van der Waals surface area contributed by atoms with E-state index in [4.69, 9.17) is 4.74 Å². The van der Waals surface area contributed by atoms with E-state index in [1.807, 2.05) is 30.3 Å². The molecule has 0 aliphatic carbocycles. The molecular weight excluding hydrogens is 352 g/mol. The number of hydrogen-bond donors (Lipinski definition) is 3. The molecule has 2 unspecified atom stereocenters. The normalized spacial score (nSPS) is 19.7. The Morgan fingerprint density at radius 1 is 1.38 bits per heavy atom. The summed E-state index contributed by atoms with van der Waals surface area (Å²) in [6.45, 7) is 3.85. The first-order valence-corrected chi connectivity index (χ1v) is 9.37. The van der Waals surface area contributed by atoms with E-state index in [0.717, 1.165) is 6.42 Å². The Balaban J connectivity index is 1.65. The van der Waals surface area contributed by atoms with Gasteiger partial charge in [-0.05, 0) is 25.8 Å². The van der Waals surface area contributed by atoms with E-state index in [1.54, 1.807) is 13.8 Å². The second-order valence-electron chi connectivity index (χ2n) is 6.06. The van der Waals surface area contributed by atoms with Crippen LogP contribution in [0.3, 0.4) is 0 Å². The van der Waals surface area contributed by atoms with Crippen LogP contribution in [0.1, 0.15) is 34.3 Å². The monoisotopic (exact) mass is 374 g/mol. The van der Waals surface area contributed by atoms with Crippen molar-refractivity contribution in [3.63, 3.8) is 0 Å². The maximum Gasteiger partial charge on any atom is 0.350 e. The maximum atomic E-state index is 12.0. The molecule has 2 heterocycles. The predicted octanol–water partition coefficient (Wildman–Crippen LogP) is 2.04. The van der Waals surface area contributed by atoms with Gasteiger partial charge in [0, 0.05) is 12.5 Å². The van der Waals surface area contributed by atoms with Crippen LogP contribution in [0.4, 0.5) is 5.13 Å². The van der Waals surface area contributed by atoms with Crippen LogP contribution in [-0.4, -0.2) is 35.8 Å². The maximum absolute atomic E-state index is 12.0. The lowest BCUT2D eigenvalue weighted by Crippen LogP contribution is -2.60. The number of amides is 1. The highest BCUT2D eigenvalue weighted by Crippen LogP contribution is 2.24. The van der Waals surface area contributed by atoms with E-state index < -0.39 is 6.29 Å². The van der Waals surface area contributed by atoms with Crippen LogP contribution in [0.15, 0.2) is 30.3 Å². The fraction of sp³-hybridized carbons (Fsp3) is 0.389. The fourth-order valence-corrected chi connectivity index (χ4v) is 3.74. The molecule has 7 nitrogen and oxygen atoms in total. The van der Waals surface area contributed by atoms with Crippen molar-refractivity contribution >= 4 is 28.3 Å². The highest BCUT2D eigenvalue weighted by Gasteiger charge is 2.27. The van der Waals surface area contributed by atoms with Crippen molar-refractivity contribution < 1.29 is 14.3 Å². The zero-order chi connectivity index (χ0) is 18.5. The van der Waals surface area contributed by atoms with Crippen molar-refractivity contribution in [1.29, 1.82) is 0 Å². The van der Waals surface area contributed by atoms with Gasteiger partial charge in [-0.3, -0.25) is 10.1 Å². The summed E-state index contributed by atoms with van der Waals surface area (Å²) in [5.41, 5.74) is 1.78. The van der Waals surface area contributed by atoms with Gasteiger partial charge >= 0.3 is 5.97 Å². The molecule has 1 aromatic carbocycles. The van der Waals surface area contributed by atoms with E-state index in [0.29, 0.717) is 28.7 Å². The lowest BCUT2D eigenvalue weighted by molar-refractivity contribution is -0.124. The number of benzene rings is 1. The molecule has 3 rings (SSSR count). The second-order valence-corrected chi connectivity index (χ2v) is 7.06. The number of carbonyl (C=O) groups excluding carboxylic acids is 2. The summed E-state index contributed by atoms with van der Waals surface area (Å²) in [4.78, 5) is 28.8. The SMILES string of the molecule is CCOC(=O)c1sc(NC2NC(=O)CC(Cc3ccccc3)N2)nc1C. The summed E-state index contributed by atoms with van der Waals surface area (Å²) in [7, 11) is 0. The van der Waals surface area contributed by atoms with E-state index in [1.165, 1.54) is 16.9 Å². The summed E-state index contributed by atoms with van der Waals surface area (Å²) in [6, 6.07) is 10.1. The third kappa shape index (κ3) is 4.59. The van der Waals surface area contributed by atoms with Crippen LogP contribution in [0.2, 0.25) is 0 Å². The number of aryl methyl sites for hydroxylation is 1. The Labute approximate surface area is 156 Å². The van der Waals surface area contributed by atoms with Gasteiger partial charge < -0.3 is 15.4 Å². The molecule has 2 aromatic rings. The van der Waals surface area contributed by atoms with Gasteiger partial charge in [-0.15, -0.1) is 0 Å². The van der Waals surface area contributed by atoms with Crippen molar-refractivity contribution in [3.05, 3.63) is 46.5 Å². The first-order chi connectivity index (χ1) is 12.5. The molecule has 0 bridgehead atoms. The largest absolute Gasteiger partial charge is 0.462 e. The minimum Gasteiger partial charge on any atom is -0.462 e. The molecular formula is C18H22N4O3S. The van der Waals surface area contributed by atoms with Gasteiger partial charge in [-0.2, -0.15) is 0 Å². The number of carbonyl (C=O) groups is 2. The molecule has 3 N–H and O–H groups in total. The molecule has 26 heavy (non-hydrogen) atoms. The van der Waals surface area contributed by atoms with Crippen LogP contribution in [0.5, 0.6) is 0 Å². The number of hydrogen-bond acceptors (Lipinski definition) is 7. The Hall–Kier alpha value is -2.45. The molecule has 0 spiro atoms. The van der Waals surface area contributed by atoms with Gasteiger partial charge in [0.1, 0.15) is 4.88 Å². The van der Waals surface area contributed by atoms with Gasteiger partial charge in [0.15, 0.2) is 11.4 Å². The van der Waals surface area contributed by atoms with Gasteiger partial charge in [-0.1, -0.05) is 41.7 Å². The summed E-state index contributed by atoms with van der Waals surface area (Å²) in [6.07, 6.45) is 0.737. The fourth-order valence-electron chi connectivity index (χ4n) is 2.86. The average molecular weight is 374 g/mol. The number of aromatic nitrogens is 1. The smallest absolute Gasteiger partial charge is 0.350 e. The molecule has 1 amide bonds. The van der Waals surface area contributed by atoms with Gasteiger partial charge in [0.2, 0.25) is 5.91 Å². The van der Waals surface area contributed by atoms with E-state index >= 15 is 0 Å². The van der Waals surface area contributed by atoms with Gasteiger partial charge in [0.25, 0.3) is 0 Å². The zero-order valence-corrected chi connectivity index (χ0v) is 15.6. The molecule has 0 saturated carbocycles. The molecule has 0 radical (unpaired) electrons. The third-order valence-corrected chi connectivity index (χ3v) is 5.06. The minimum atomic E-state index is -0.439. The Morgan fingerprint density at radius 3 is 2.88 bits per heavy atom. The molecule has 1 fully saturated rings. The lowest BCUT2D eigenvalue weighted by Gasteiger charge is -2.32. The Morgan fingerprint density at radius 2 is 2.15 bits per heavy atom. The van der Waals surface area contributed by atoms with Crippen molar-refractivity contribution in [2.75, 3.05) is 11.9 Å². The number of nitrogens with one attached hydrogen (secondary N) is 3. The summed E-state index contributed by atoms with van der Waals surface area (Å²) < 4.78 is 5.03. The highest BCUT2D eigenvalue weighted by atomic mass is 32.1. The van der Waals surface area contributed by atoms with Crippen LogP contribution >= 0.6 is 11.3 Å². The van der Waals surface area contributed by atoms with Gasteiger partial charge in [-0.25, -0.2) is 9.78 Å². The highest BCUT2D eigenvalue weighted by molar-refractivity contribution is 7.17. The predicted molar refractivity (Wildman–Crippen MR) is 100 cm³/mol. The second kappa shape index (κ2) is 8.29. The molecule has 8 heteroatoms. The number of thiazole rings is 1. The number of ether oxygens (including phenoxy) is 1. The minimum absolute atomic E-state index is 0.0224. The molecule has 1 aromatic heterocycles. The van der Waals surface area contributed by atoms with Crippen LogP contribution in [0.25, 0.3) is 0 Å². The number of nitrogens with zero attached hydrogens (tertiary/aromatic N) is 1. The Bertz CT molecular complexity index is 778. The number of anilines is 1. The number of rotatable bonds is 6. The Kier molecular flexibility index (Phi) is 5.85. The van der Waals surface area contributed by atoms with Crippen molar-refractivity contribution in [3.8, 4) is 0 Å². The number of esters is 1. The first-order valence-electron chi connectivity index (χ1n) is 8.55. The van der Waals surface area contributed by atoms with Crippen molar-refractivity contribution in [2.24, 2.45) is 0 Å². The van der Waals surface area contributed by atoms with Crippen LogP contribution in [0, 0.1) is 6.92 Å². The first kappa shape index (κ1) is 18.3. The third-order valence-electron chi connectivity index (χ3n) is 3.99. The molecule has 138 valence electrons. The molecule has 1 aliphatic heterocycles. The van der Waals surface area contributed by atoms with Crippen molar-refractivity contribution in [2.45, 2.75) is 39.0 Å². The topological polar surface area (TPSA) is 92.4 Å². The molecule has 1 saturated heterocycles. The van der Waals surface area contributed by atoms with Crippen LogP contribution in [-0.2, 0) is 16.0 Å². The van der Waals surface area contributed by atoms with Crippen molar-refractivity contribution in [1.82, 2.24) is 15.6 Å². The summed E-state index contributed by atoms with van der Waals surface area (Å²) >= 11 is 1.22. The molecule has 2 atom stereocenters. The van der Waals surface area contributed by atoms with E-state index in [2.05, 4.69) is 20.9 Å². The van der Waals surface area contributed by atoms with E-state index in [9.17, 15) is 9.59 Å². The average Bonchev–Trinajstić information content (AvgIpc) is 2.96. The zero-order valence-electron chi connectivity index (χ0n) is 14.7. The van der Waals surface area contributed by atoms with Crippen LogP contribution < -0.4 is 16.0 Å².